The summed E-state index contributed by atoms with van der Waals surface area (Å²) in [5.74, 6) is -0.362. The van der Waals surface area contributed by atoms with Crippen LogP contribution in [0.3, 0.4) is 0 Å². The van der Waals surface area contributed by atoms with E-state index < -0.39 is 10.0 Å². The highest BCUT2D eigenvalue weighted by Crippen LogP contribution is 2.29. The normalized spacial score (nSPS) is 17.0. The average Bonchev–Trinajstić information content (AvgIpc) is 3.13. The van der Waals surface area contributed by atoms with E-state index in [9.17, 15) is 13.2 Å². The molecule has 0 aliphatic carbocycles. The van der Waals surface area contributed by atoms with Crippen LogP contribution in [0.4, 0.5) is 0 Å². The monoisotopic (exact) mass is 456 g/mol. The number of thiophene rings is 1. The molecule has 0 radical (unpaired) electrons. The molecule has 1 N–H and O–H groups in total. The van der Waals surface area contributed by atoms with Crippen molar-refractivity contribution in [3.8, 4) is 0 Å². The van der Waals surface area contributed by atoms with Crippen LogP contribution >= 0.6 is 27.3 Å². The van der Waals surface area contributed by atoms with Crippen molar-refractivity contribution in [2.75, 3.05) is 13.1 Å². The molecule has 5 nitrogen and oxygen atoms in total. The molecule has 1 aliphatic heterocycles. The fourth-order valence-electron chi connectivity index (χ4n) is 3.08. The molecule has 2 heterocycles. The van der Waals surface area contributed by atoms with Gasteiger partial charge in [0.15, 0.2) is 0 Å². The zero-order valence-electron chi connectivity index (χ0n) is 14.4. The predicted octanol–water partition coefficient (Wildman–Crippen LogP) is 4.18. The first-order chi connectivity index (χ1) is 12.4. The number of carbonyl (C=O) groups excluding carboxylic acids is 1. The lowest BCUT2D eigenvalue weighted by Crippen LogP contribution is -2.36. The van der Waals surface area contributed by atoms with Crippen LogP contribution in [-0.4, -0.2) is 31.7 Å². The zero-order valence-corrected chi connectivity index (χ0v) is 17.7. The van der Waals surface area contributed by atoms with Crippen LogP contribution in [0.15, 0.2) is 45.1 Å². The number of amides is 1. The average molecular weight is 457 g/mol. The maximum Gasteiger partial charge on any atom is 0.263 e. The largest absolute Gasteiger partial charge is 0.345 e. The van der Waals surface area contributed by atoms with Crippen molar-refractivity contribution in [3.63, 3.8) is 0 Å². The van der Waals surface area contributed by atoms with Gasteiger partial charge in [0.05, 0.1) is 6.04 Å². The van der Waals surface area contributed by atoms with E-state index >= 15 is 0 Å². The number of piperidine rings is 1. The van der Waals surface area contributed by atoms with E-state index in [1.807, 2.05) is 31.2 Å². The summed E-state index contributed by atoms with van der Waals surface area (Å²) in [7, 11) is -3.63. The number of nitrogens with one attached hydrogen (secondary N) is 1. The Hall–Kier alpha value is -1.22. The number of hydrogen-bond donors (Lipinski definition) is 1. The van der Waals surface area contributed by atoms with E-state index in [2.05, 4.69) is 21.2 Å². The lowest BCUT2D eigenvalue weighted by Gasteiger charge is -2.26. The summed E-state index contributed by atoms with van der Waals surface area (Å²) in [5, 5.41) is 4.57. The first kappa shape index (κ1) is 19.5. The molecule has 1 aromatic carbocycles. The van der Waals surface area contributed by atoms with Crippen LogP contribution in [0.2, 0.25) is 0 Å². The molecule has 1 saturated heterocycles. The van der Waals surface area contributed by atoms with Gasteiger partial charge in [-0.2, -0.15) is 4.31 Å². The van der Waals surface area contributed by atoms with Crippen molar-refractivity contribution in [1.29, 1.82) is 0 Å². The highest BCUT2D eigenvalue weighted by molar-refractivity contribution is 9.10. The highest BCUT2D eigenvalue weighted by atomic mass is 79.9. The highest BCUT2D eigenvalue weighted by Gasteiger charge is 2.31. The molecule has 1 amide bonds. The summed E-state index contributed by atoms with van der Waals surface area (Å²) in [6.07, 6.45) is 2.78. The Kier molecular flexibility index (Phi) is 6.17. The van der Waals surface area contributed by atoms with Crippen LogP contribution in [0.5, 0.6) is 0 Å². The Morgan fingerprint density at radius 3 is 2.58 bits per heavy atom. The van der Waals surface area contributed by atoms with Crippen LogP contribution in [-0.2, 0) is 10.0 Å². The Bertz CT molecular complexity index is 889. The molecule has 1 atom stereocenters. The van der Waals surface area contributed by atoms with Gasteiger partial charge >= 0.3 is 0 Å². The molecule has 140 valence electrons. The van der Waals surface area contributed by atoms with Gasteiger partial charge in [0.2, 0.25) is 10.0 Å². The molecule has 0 spiro atoms. The number of halogens is 1. The van der Waals surface area contributed by atoms with Crippen LogP contribution < -0.4 is 5.32 Å². The number of sulfonamides is 1. The summed E-state index contributed by atoms with van der Waals surface area (Å²) in [4.78, 5) is 13.1. The van der Waals surface area contributed by atoms with Gasteiger partial charge in [-0.3, -0.25) is 4.79 Å². The van der Waals surface area contributed by atoms with Gasteiger partial charge < -0.3 is 5.32 Å². The van der Waals surface area contributed by atoms with E-state index in [0.29, 0.717) is 13.1 Å². The lowest BCUT2D eigenvalue weighted by molar-refractivity contribution is 0.0940. The first-order valence-electron chi connectivity index (χ1n) is 8.54. The van der Waals surface area contributed by atoms with E-state index in [1.165, 1.54) is 10.4 Å². The fourth-order valence-corrected chi connectivity index (χ4v) is 6.53. The number of rotatable bonds is 5. The van der Waals surface area contributed by atoms with Crippen molar-refractivity contribution in [3.05, 3.63) is 50.6 Å². The molecular formula is C18H21BrN2O3S2. The molecule has 26 heavy (non-hydrogen) atoms. The Morgan fingerprint density at radius 2 is 1.88 bits per heavy atom. The Morgan fingerprint density at radius 1 is 1.19 bits per heavy atom. The molecule has 3 rings (SSSR count). The first-order valence-corrected chi connectivity index (χ1v) is 11.7. The van der Waals surface area contributed by atoms with Crippen molar-refractivity contribution in [2.45, 2.75) is 37.1 Å². The quantitative estimate of drug-likeness (QED) is 0.733. The SMILES string of the molecule is CC(NC(=O)c1sccc1S(=O)(=O)N1CCCCC1)c1ccccc1Br. The van der Waals surface area contributed by atoms with E-state index in [-0.39, 0.29) is 21.7 Å². The maximum atomic E-state index is 12.9. The summed E-state index contributed by atoms with van der Waals surface area (Å²) in [6, 6.07) is 8.94. The van der Waals surface area contributed by atoms with Crippen molar-refractivity contribution in [1.82, 2.24) is 9.62 Å². The molecule has 0 bridgehead atoms. The molecular weight excluding hydrogens is 436 g/mol. The second-order valence-electron chi connectivity index (χ2n) is 6.30. The van der Waals surface area contributed by atoms with E-state index in [4.69, 9.17) is 0 Å². The Labute approximate surface area is 166 Å². The predicted molar refractivity (Wildman–Crippen MR) is 107 cm³/mol. The number of carbonyl (C=O) groups is 1. The number of benzene rings is 1. The van der Waals surface area contributed by atoms with Crippen molar-refractivity contribution >= 4 is 43.2 Å². The fraction of sp³-hybridized carbons (Fsp3) is 0.389. The third kappa shape index (κ3) is 4.03. The molecule has 0 saturated carbocycles. The standard InChI is InChI=1S/C18H21BrN2O3S2/c1-13(14-7-3-4-8-15(14)19)20-18(22)17-16(9-12-25-17)26(23,24)21-10-5-2-6-11-21/h3-4,7-9,12-13H,2,5-6,10-11H2,1H3,(H,20,22). The Balaban J connectivity index is 1.81. The molecule has 1 fully saturated rings. The van der Waals surface area contributed by atoms with Crippen molar-refractivity contribution in [2.24, 2.45) is 0 Å². The second-order valence-corrected chi connectivity index (χ2v) is 9.97. The number of hydrogen-bond acceptors (Lipinski definition) is 4. The minimum Gasteiger partial charge on any atom is -0.345 e. The molecule has 1 aromatic heterocycles. The molecule has 8 heteroatoms. The van der Waals surface area contributed by atoms with Gasteiger partial charge in [0, 0.05) is 17.6 Å². The topological polar surface area (TPSA) is 66.5 Å². The minimum absolute atomic E-state index is 0.112. The summed E-state index contributed by atoms with van der Waals surface area (Å²) < 4.78 is 28.3. The van der Waals surface area contributed by atoms with Crippen LogP contribution in [0.25, 0.3) is 0 Å². The summed E-state index contributed by atoms with van der Waals surface area (Å²) in [6.45, 7) is 2.92. The van der Waals surface area contributed by atoms with Gasteiger partial charge in [-0.05, 0) is 42.8 Å². The third-order valence-corrected chi connectivity index (χ3v) is 8.19. The van der Waals surface area contributed by atoms with E-state index in [0.717, 1.165) is 40.6 Å². The minimum atomic E-state index is -3.63. The van der Waals surface area contributed by atoms with Gasteiger partial charge in [-0.1, -0.05) is 40.5 Å². The smallest absolute Gasteiger partial charge is 0.263 e. The lowest BCUT2D eigenvalue weighted by atomic mass is 10.1. The van der Waals surface area contributed by atoms with Gasteiger partial charge in [0.1, 0.15) is 9.77 Å². The van der Waals surface area contributed by atoms with Crippen LogP contribution in [0, 0.1) is 0 Å². The summed E-state index contributed by atoms with van der Waals surface area (Å²) in [5.41, 5.74) is 0.942. The second kappa shape index (κ2) is 8.21. The van der Waals surface area contributed by atoms with Crippen molar-refractivity contribution < 1.29 is 13.2 Å². The van der Waals surface area contributed by atoms with Gasteiger partial charge in [-0.15, -0.1) is 11.3 Å². The van der Waals surface area contributed by atoms with Crippen LogP contribution in [0.1, 0.15) is 47.5 Å². The molecule has 1 unspecified atom stereocenters. The molecule has 1 aliphatic rings. The number of nitrogens with zero attached hydrogens (tertiary/aromatic N) is 1. The zero-order chi connectivity index (χ0) is 18.7. The molecule has 2 aromatic rings. The van der Waals surface area contributed by atoms with Gasteiger partial charge in [0.25, 0.3) is 5.91 Å². The van der Waals surface area contributed by atoms with Gasteiger partial charge in [-0.25, -0.2) is 8.42 Å². The summed E-state index contributed by atoms with van der Waals surface area (Å²) >= 11 is 4.64. The maximum absolute atomic E-state index is 12.9. The third-order valence-electron chi connectivity index (χ3n) is 4.49. The van der Waals surface area contributed by atoms with E-state index in [1.54, 1.807) is 5.38 Å².